The molecule has 3 heterocycles. The number of nitrogens with zero attached hydrogens (tertiary/aromatic N) is 4. The molecule has 0 aliphatic carbocycles. The van der Waals surface area contributed by atoms with E-state index in [4.69, 9.17) is 14.9 Å². The van der Waals surface area contributed by atoms with Gasteiger partial charge < -0.3 is 14.0 Å². The van der Waals surface area contributed by atoms with Crippen molar-refractivity contribution in [2.45, 2.75) is 20.8 Å². The zero-order chi connectivity index (χ0) is 25.4. The summed E-state index contributed by atoms with van der Waals surface area (Å²) in [7, 11) is 1.64. The number of ether oxygens (including phenoxy) is 2. The first-order valence-corrected chi connectivity index (χ1v) is 12.2. The van der Waals surface area contributed by atoms with Crippen molar-refractivity contribution >= 4 is 39.8 Å². The molecule has 9 heteroatoms. The van der Waals surface area contributed by atoms with Crippen LogP contribution in [0.3, 0.4) is 0 Å². The van der Waals surface area contributed by atoms with Crippen molar-refractivity contribution in [3.63, 3.8) is 0 Å². The van der Waals surface area contributed by atoms with Crippen LogP contribution in [0.15, 0.2) is 70.3 Å². The molecule has 1 aromatic heterocycles. The highest BCUT2D eigenvalue weighted by Gasteiger charge is 2.36. The number of benzene rings is 2. The first-order chi connectivity index (χ1) is 17.4. The zero-order valence-electron chi connectivity index (χ0n) is 20.4. The monoisotopic (exact) mass is 499 g/mol. The number of aromatic nitrogens is 1. The van der Waals surface area contributed by atoms with Crippen LogP contribution < -0.4 is 9.47 Å². The predicted molar refractivity (Wildman–Crippen MR) is 143 cm³/mol. The third-order valence-corrected chi connectivity index (χ3v) is 6.90. The molecule has 0 saturated heterocycles. The number of carbonyl (C=O) groups is 1. The molecule has 1 N–H and O–H groups in total. The lowest BCUT2D eigenvalue weighted by Gasteiger charge is -2.20. The summed E-state index contributed by atoms with van der Waals surface area (Å²) in [6.07, 6.45) is 1.71. The normalized spacial score (nSPS) is 16.2. The van der Waals surface area contributed by atoms with E-state index >= 15 is 0 Å². The molecule has 8 nitrogen and oxygen atoms in total. The summed E-state index contributed by atoms with van der Waals surface area (Å²) >= 11 is 1.24. The van der Waals surface area contributed by atoms with E-state index in [2.05, 4.69) is 14.7 Å². The van der Waals surface area contributed by atoms with Gasteiger partial charge >= 0.3 is 0 Å². The molecular formula is C27H25N5O3S. The molecule has 0 radical (unpaired) electrons. The minimum Gasteiger partial charge on any atom is -0.497 e. The number of nitrogens with one attached hydrogen (secondary N) is 1. The third kappa shape index (κ3) is 4.33. The fourth-order valence-electron chi connectivity index (χ4n) is 4.18. The van der Waals surface area contributed by atoms with Crippen LogP contribution in [0, 0.1) is 26.2 Å². The summed E-state index contributed by atoms with van der Waals surface area (Å²) in [4.78, 5) is 17.1. The molecule has 2 aliphatic heterocycles. The van der Waals surface area contributed by atoms with Crippen molar-refractivity contribution < 1.29 is 14.3 Å². The molecule has 0 atom stereocenters. The summed E-state index contributed by atoms with van der Waals surface area (Å²) in [5.74, 6) is 1.07. The summed E-state index contributed by atoms with van der Waals surface area (Å²) in [5, 5.41) is 15.6. The van der Waals surface area contributed by atoms with E-state index < -0.39 is 5.91 Å². The number of aryl methyl sites for hydroxylation is 2. The number of fused-ring (bicyclic) bond motifs is 1. The van der Waals surface area contributed by atoms with Gasteiger partial charge in [0.2, 0.25) is 5.17 Å². The number of amides is 1. The number of methoxy groups -OCH3 is 1. The fourth-order valence-corrected chi connectivity index (χ4v) is 4.98. The maximum absolute atomic E-state index is 12.9. The van der Waals surface area contributed by atoms with Gasteiger partial charge in [-0.25, -0.2) is 0 Å². The second kappa shape index (κ2) is 9.50. The zero-order valence-corrected chi connectivity index (χ0v) is 21.2. The predicted octanol–water partition coefficient (Wildman–Crippen LogP) is 5.11. The van der Waals surface area contributed by atoms with Crippen molar-refractivity contribution in [3.05, 3.63) is 82.7 Å². The van der Waals surface area contributed by atoms with Gasteiger partial charge in [-0.1, -0.05) is 24.3 Å². The topological polar surface area (TPSA) is 92.3 Å². The second-order valence-corrected chi connectivity index (χ2v) is 9.47. The number of hydrogen-bond acceptors (Lipinski definition) is 6. The third-order valence-electron chi connectivity index (χ3n) is 6.02. The molecule has 0 unspecified atom stereocenters. The highest BCUT2D eigenvalue weighted by atomic mass is 32.2. The standard InChI is InChI=1S/C27H25N5O3S/c1-16-8-5-6-11-23(16)35-15-24-30-32-25(28)22(26(33)29-27(32)36-24)13-19-12-17(2)31(18(19)3)20-9-7-10-21(14-20)34-4/h5-14,28H,15H2,1-4H3/b22-13+,28-25?. The molecule has 182 valence electrons. The molecule has 5 rings (SSSR count). The molecule has 0 saturated carbocycles. The Morgan fingerprint density at radius 3 is 2.67 bits per heavy atom. The van der Waals surface area contributed by atoms with Crippen LogP contribution in [-0.2, 0) is 4.79 Å². The van der Waals surface area contributed by atoms with Crippen LogP contribution in [0.5, 0.6) is 11.5 Å². The smallest absolute Gasteiger partial charge is 0.283 e. The van der Waals surface area contributed by atoms with E-state index in [1.54, 1.807) is 13.2 Å². The quantitative estimate of drug-likeness (QED) is 0.476. The van der Waals surface area contributed by atoms with E-state index in [9.17, 15) is 4.79 Å². The van der Waals surface area contributed by atoms with Crippen molar-refractivity contribution in [1.29, 1.82) is 5.41 Å². The second-order valence-electron chi connectivity index (χ2n) is 8.43. The molecule has 0 spiro atoms. The Kier molecular flexibility index (Phi) is 6.24. The van der Waals surface area contributed by atoms with Crippen LogP contribution in [-0.4, -0.2) is 45.2 Å². The minimum absolute atomic E-state index is 0.00502. The van der Waals surface area contributed by atoms with Gasteiger partial charge in [0.1, 0.15) is 23.1 Å². The lowest BCUT2D eigenvalue weighted by atomic mass is 10.1. The molecule has 3 aromatic rings. The van der Waals surface area contributed by atoms with Crippen LogP contribution in [0.4, 0.5) is 0 Å². The molecule has 2 aliphatic rings. The Bertz CT molecular complexity index is 1480. The lowest BCUT2D eigenvalue weighted by Crippen LogP contribution is -2.35. The Labute approximate surface area is 213 Å². The number of carbonyl (C=O) groups excluding carboxylic acids is 1. The average molecular weight is 500 g/mol. The molecule has 36 heavy (non-hydrogen) atoms. The van der Waals surface area contributed by atoms with Gasteiger partial charge in [-0.3, -0.25) is 10.2 Å². The van der Waals surface area contributed by atoms with Crippen LogP contribution in [0.2, 0.25) is 0 Å². The van der Waals surface area contributed by atoms with Crippen molar-refractivity contribution in [3.8, 4) is 17.2 Å². The van der Waals surface area contributed by atoms with Gasteiger partial charge in [0.25, 0.3) is 5.91 Å². The SMILES string of the molecule is COc1cccc(-n2c(C)cc(/C=C3\C(=N)N4N=C(COc5ccccc5C)SC4=NC3=O)c2C)c1. The lowest BCUT2D eigenvalue weighted by molar-refractivity contribution is -0.114. The van der Waals surface area contributed by atoms with Gasteiger partial charge in [0.15, 0.2) is 5.84 Å². The largest absolute Gasteiger partial charge is 0.497 e. The molecule has 0 bridgehead atoms. The number of thioether (sulfide) groups is 1. The summed E-state index contributed by atoms with van der Waals surface area (Å²) in [6, 6.07) is 17.5. The van der Waals surface area contributed by atoms with Gasteiger partial charge in [-0.2, -0.15) is 15.1 Å². The summed E-state index contributed by atoms with van der Waals surface area (Å²) in [5.41, 5.74) is 4.94. The van der Waals surface area contributed by atoms with Crippen LogP contribution >= 0.6 is 11.8 Å². The maximum atomic E-state index is 12.9. The van der Waals surface area contributed by atoms with E-state index in [0.29, 0.717) is 10.2 Å². The highest BCUT2D eigenvalue weighted by molar-refractivity contribution is 8.27. The maximum Gasteiger partial charge on any atom is 0.283 e. The Balaban J connectivity index is 1.41. The van der Waals surface area contributed by atoms with Crippen LogP contribution in [0.1, 0.15) is 22.5 Å². The van der Waals surface area contributed by atoms with E-state index in [1.807, 2.05) is 75.4 Å². The minimum atomic E-state index is -0.457. The summed E-state index contributed by atoms with van der Waals surface area (Å²) < 4.78 is 13.3. The number of para-hydroxylation sites is 1. The number of rotatable bonds is 6. The number of hydrazone groups is 1. The Hall–Kier alpha value is -4.11. The Morgan fingerprint density at radius 2 is 1.89 bits per heavy atom. The van der Waals surface area contributed by atoms with Gasteiger partial charge in [-0.15, -0.1) is 0 Å². The average Bonchev–Trinajstić information content (AvgIpc) is 3.40. The highest BCUT2D eigenvalue weighted by Crippen LogP contribution is 2.31. The molecule has 1 amide bonds. The fraction of sp³-hybridized carbons (Fsp3) is 0.185. The summed E-state index contributed by atoms with van der Waals surface area (Å²) in [6.45, 7) is 6.19. The van der Waals surface area contributed by atoms with Gasteiger partial charge in [0, 0.05) is 23.1 Å². The molecule has 0 fully saturated rings. The molecular weight excluding hydrogens is 474 g/mol. The van der Waals surface area contributed by atoms with Gasteiger partial charge in [-0.05, 0) is 74.0 Å². The van der Waals surface area contributed by atoms with Crippen molar-refractivity contribution in [2.75, 3.05) is 13.7 Å². The first kappa shape index (κ1) is 23.6. The number of hydrogen-bond donors (Lipinski definition) is 1. The van der Waals surface area contributed by atoms with E-state index in [1.165, 1.54) is 16.8 Å². The van der Waals surface area contributed by atoms with Crippen molar-refractivity contribution in [1.82, 2.24) is 9.58 Å². The van der Waals surface area contributed by atoms with E-state index in [0.717, 1.165) is 39.7 Å². The number of aliphatic imine (C=N–C) groups is 1. The molecule has 2 aromatic carbocycles. The van der Waals surface area contributed by atoms with Crippen molar-refractivity contribution in [2.24, 2.45) is 10.1 Å². The van der Waals surface area contributed by atoms with E-state index in [-0.39, 0.29) is 18.0 Å². The first-order valence-electron chi connectivity index (χ1n) is 11.4. The van der Waals surface area contributed by atoms with Crippen LogP contribution in [0.25, 0.3) is 11.8 Å². The number of amidine groups is 2. The Morgan fingerprint density at radius 1 is 1.08 bits per heavy atom. The van der Waals surface area contributed by atoms with Gasteiger partial charge in [0.05, 0.1) is 12.7 Å².